The third-order valence-electron chi connectivity index (χ3n) is 3.01. The van der Waals surface area contributed by atoms with Crippen molar-refractivity contribution in [2.45, 2.75) is 52.6 Å². The van der Waals surface area contributed by atoms with Crippen LogP contribution < -0.4 is 5.32 Å². The molecule has 1 aromatic rings. The predicted molar refractivity (Wildman–Crippen MR) is 70.7 cm³/mol. The van der Waals surface area contributed by atoms with Gasteiger partial charge in [0, 0.05) is 6.04 Å². The molecule has 0 aromatic carbocycles. The molecule has 0 aliphatic carbocycles. The third kappa shape index (κ3) is 4.92. The maximum absolute atomic E-state index is 10.9. The summed E-state index contributed by atoms with van der Waals surface area (Å²) in [5.41, 5.74) is 0.247. The maximum Gasteiger partial charge on any atom is 0.339 e. The number of hydrogen-bond donors (Lipinski definition) is 2. The molecular formula is C14H23NO3. The zero-order valence-corrected chi connectivity index (χ0v) is 11.4. The Balaban J connectivity index is 2.31. The summed E-state index contributed by atoms with van der Waals surface area (Å²) in [4.78, 5) is 10.9. The lowest BCUT2D eigenvalue weighted by molar-refractivity contribution is 0.0694. The van der Waals surface area contributed by atoms with E-state index in [1.807, 2.05) is 0 Å². The SMILES string of the molecule is CC(C)CCCC(C)NCc1occc1C(=O)O. The van der Waals surface area contributed by atoms with E-state index in [4.69, 9.17) is 9.52 Å². The lowest BCUT2D eigenvalue weighted by Crippen LogP contribution is -2.26. The van der Waals surface area contributed by atoms with Crippen molar-refractivity contribution in [1.29, 1.82) is 0 Å². The van der Waals surface area contributed by atoms with E-state index >= 15 is 0 Å². The van der Waals surface area contributed by atoms with E-state index in [0.717, 1.165) is 12.3 Å². The highest BCUT2D eigenvalue weighted by Gasteiger charge is 2.13. The molecule has 1 unspecified atom stereocenters. The summed E-state index contributed by atoms with van der Waals surface area (Å²) in [7, 11) is 0. The summed E-state index contributed by atoms with van der Waals surface area (Å²) < 4.78 is 5.18. The van der Waals surface area contributed by atoms with Crippen LogP contribution in [-0.4, -0.2) is 17.1 Å². The molecule has 0 spiro atoms. The molecule has 1 atom stereocenters. The van der Waals surface area contributed by atoms with Crippen LogP contribution in [0, 0.1) is 5.92 Å². The van der Waals surface area contributed by atoms with E-state index in [-0.39, 0.29) is 5.56 Å². The summed E-state index contributed by atoms with van der Waals surface area (Å²) in [5.74, 6) is 0.298. The summed E-state index contributed by atoms with van der Waals surface area (Å²) in [5, 5.41) is 12.2. The number of hydrogen-bond acceptors (Lipinski definition) is 3. The molecule has 18 heavy (non-hydrogen) atoms. The van der Waals surface area contributed by atoms with Crippen molar-refractivity contribution in [3.8, 4) is 0 Å². The quantitative estimate of drug-likeness (QED) is 0.746. The molecular weight excluding hydrogens is 230 g/mol. The van der Waals surface area contributed by atoms with Gasteiger partial charge in [0.15, 0.2) is 0 Å². The van der Waals surface area contributed by atoms with Crippen LogP contribution in [0.15, 0.2) is 16.7 Å². The molecule has 0 amide bonds. The van der Waals surface area contributed by atoms with Gasteiger partial charge in [0.2, 0.25) is 0 Å². The van der Waals surface area contributed by atoms with Gasteiger partial charge in [-0.25, -0.2) is 4.79 Å². The largest absolute Gasteiger partial charge is 0.478 e. The van der Waals surface area contributed by atoms with Gasteiger partial charge in [-0.05, 0) is 25.3 Å². The van der Waals surface area contributed by atoms with Crippen LogP contribution in [0.3, 0.4) is 0 Å². The Kier molecular flexibility index (Phi) is 5.92. The standard InChI is InChI=1S/C14H23NO3/c1-10(2)5-4-6-11(3)15-9-13-12(14(16)17)7-8-18-13/h7-8,10-11,15H,4-6,9H2,1-3H3,(H,16,17). The number of carboxylic acids is 1. The molecule has 1 heterocycles. The zero-order chi connectivity index (χ0) is 13.5. The van der Waals surface area contributed by atoms with E-state index < -0.39 is 5.97 Å². The van der Waals surface area contributed by atoms with E-state index in [1.165, 1.54) is 25.2 Å². The Labute approximate surface area is 108 Å². The minimum absolute atomic E-state index is 0.247. The molecule has 0 bridgehead atoms. The smallest absolute Gasteiger partial charge is 0.339 e. The molecule has 0 aliphatic heterocycles. The van der Waals surface area contributed by atoms with Crippen molar-refractivity contribution < 1.29 is 14.3 Å². The first-order chi connectivity index (χ1) is 8.50. The van der Waals surface area contributed by atoms with Crippen LogP contribution in [0.2, 0.25) is 0 Å². The van der Waals surface area contributed by atoms with Crippen molar-refractivity contribution >= 4 is 5.97 Å². The Morgan fingerprint density at radius 3 is 2.72 bits per heavy atom. The zero-order valence-electron chi connectivity index (χ0n) is 11.4. The molecule has 0 aliphatic rings. The van der Waals surface area contributed by atoms with Gasteiger partial charge in [0.05, 0.1) is 12.8 Å². The first-order valence-electron chi connectivity index (χ1n) is 6.53. The molecule has 4 nitrogen and oxygen atoms in total. The van der Waals surface area contributed by atoms with Crippen molar-refractivity contribution in [3.05, 3.63) is 23.7 Å². The Hall–Kier alpha value is -1.29. The number of rotatable bonds is 8. The van der Waals surface area contributed by atoms with Gasteiger partial charge in [-0.1, -0.05) is 26.7 Å². The predicted octanol–water partition coefficient (Wildman–Crippen LogP) is 3.28. The van der Waals surface area contributed by atoms with Gasteiger partial charge in [-0.3, -0.25) is 0 Å². The molecule has 1 rings (SSSR count). The lowest BCUT2D eigenvalue weighted by Gasteiger charge is -2.13. The van der Waals surface area contributed by atoms with E-state index in [9.17, 15) is 4.79 Å². The second-order valence-corrected chi connectivity index (χ2v) is 5.17. The van der Waals surface area contributed by atoms with Gasteiger partial charge in [-0.2, -0.15) is 0 Å². The van der Waals surface area contributed by atoms with Gasteiger partial charge < -0.3 is 14.8 Å². The summed E-state index contributed by atoms with van der Waals surface area (Å²) >= 11 is 0. The van der Waals surface area contributed by atoms with Crippen molar-refractivity contribution in [1.82, 2.24) is 5.32 Å². The lowest BCUT2D eigenvalue weighted by atomic mass is 10.0. The monoisotopic (exact) mass is 253 g/mol. The van der Waals surface area contributed by atoms with Crippen molar-refractivity contribution in [2.24, 2.45) is 5.92 Å². The van der Waals surface area contributed by atoms with Crippen molar-refractivity contribution in [2.75, 3.05) is 0 Å². The van der Waals surface area contributed by atoms with Crippen LogP contribution in [-0.2, 0) is 6.54 Å². The molecule has 4 heteroatoms. The topological polar surface area (TPSA) is 62.5 Å². The second kappa shape index (κ2) is 7.21. The summed E-state index contributed by atoms with van der Waals surface area (Å²) in [6, 6.07) is 1.86. The summed E-state index contributed by atoms with van der Waals surface area (Å²) in [6.07, 6.45) is 4.94. The molecule has 0 saturated carbocycles. The van der Waals surface area contributed by atoms with E-state index in [2.05, 4.69) is 26.1 Å². The van der Waals surface area contributed by atoms with Gasteiger partial charge in [0.1, 0.15) is 11.3 Å². The van der Waals surface area contributed by atoms with Crippen LogP contribution in [0.4, 0.5) is 0 Å². The Morgan fingerprint density at radius 1 is 1.39 bits per heavy atom. The average molecular weight is 253 g/mol. The van der Waals surface area contributed by atoms with Gasteiger partial charge >= 0.3 is 5.97 Å². The molecule has 0 saturated heterocycles. The van der Waals surface area contributed by atoms with Gasteiger partial charge in [0.25, 0.3) is 0 Å². The molecule has 0 fully saturated rings. The van der Waals surface area contributed by atoms with Crippen LogP contribution in [0.1, 0.15) is 56.2 Å². The fraction of sp³-hybridized carbons (Fsp3) is 0.643. The highest BCUT2D eigenvalue weighted by molar-refractivity contribution is 5.88. The normalized spacial score (nSPS) is 12.9. The molecule has 1 aromatic heterocycles. The van der Waals surface area contributed by atoms with Crippen LogP contribution >= 0.6 is 0 Å². The minimum atomic E-state index is -0.937. The number of carbonyl (C=O) groups is 1. The first kappa shape index (κ1) is 14.8. The van der Waals surface area contributed by atoms with Crippen LogP contribution in [0.5, 0.6) is 0 Å². The van der Waals surface area contributed by atoms with Crippen LogP contribution in [0.25, 0.3) is 0 Å². The number of aromatic carboxylic acids is 1. The minimum Gasteiger partial charge on any atom is -0.478 e. The number of nitrogens with one attached hydrogen (secondary N) is 1. The van der Waals surface area contributed by atoms with Gasteiger partial charge in [-0.15, -0.1) is 0 Å². The third-order valence-corrected chi connectivity index (χ3v) is 3.01. The highest BCUT2D eigenvalue weighted by Crippen LogP contribution is 2.12. The number of furan rings is 1. The molecule has 0 radical (unpaired) electrons. The second-order valence-electron chi connectivity index (χ2n) is 5.17. The Bertz CT molecular complexity index is 371. The average Bonchev–Trinajstić information content (AvgIpc) is 2.74. The fourth-order valence-corrected chi connectivity index (χ4v) is 1.87. The fourth-order valence-electron chi connectivity index (χ4n) is 1.87. The first-order valence-corrected chi connectivity index (χ1v) is 6.53. The molecule has 2 N–H and O–H groups in total. The molecule has 102 valence electrons. The van der Waals surface area contributed by atoms with E-state index in [1.54, 1.807) is 0 Å². The maximum atomic E-state index is 10.9. The number of carboxylic acid groups (broad SMARTS) is 1. The van der Waals surface area contributed by atoms with E-state index in [0.29, 0.717) is 18.3 Å². The Morgan fingerprint density at radius 2 is 2.11 bits per heavy atom. The summed E-state index contributed by atoms with van der Waals surface area (Å²) in [6.45, 7) is 7.03. The van der Waals surface area contributed by atoms with Crippen molar-refractivity contribution in [3.63, 3.8) is 0 Å². The highest BCUT2D eigenvalue weighted by atomic mass is 16.4.